The molecule has 0 saturated carbocycles. The molecule has 14 nitrogen and oxygen atoms in total. The second-order valence-electron chi connectivity index (χ2n) is 14.7. The Kier molecular flexibility index (Phi) is 9.62. The number of pyridine rings is 5. The first-order valence-electron chi connectivity index (χ1n) is 20.0. The Balaban J connectivity index is 0.000000145. The van der Waals surface area contributed by atoms with Crippen molar-refractivity contribution in [3.63, 3.8) is 0 Å². The first-order valence-corrected chi connectivity index (χ1v) is 20.0. The van der Waals surface area contributed by atoms with Crippen LogP contribution in [-0.4, -0.2) is 77.8 Å². The Labute approximate surface area is 339 Å². The van der Waals surface area contributed by atoms with Gasteiger partial charge in [-0.25, -0.2) is 24.3 Å². The van der Waals surface area contributed by atoms with Crippen LogP contribution in [0.4, 0.5) is 5.82 Å². The molecule has 0 bridgehead atoms. The largest absolute Gasteiger partial charge is 0.357 e. The van der Waals surface area contributed by atoms with Crippen LogP contribution in [0.5, 0.6) is 0 Å². The van der Waals surface area contributed by atoms with Crippen molar-refractivity contribution in [2.45, 2.75) is 45.8 Å². The Morgan fingerprint density at radius 3 is 1.71 bits per heavy atom. The van der Waals surface area contributed by atoms with Crippen molar-refractivity contribution in [2.24, 2.45) is 0 Å². The molecule has 0 unspecified atom stereocenters. The second kappa shape index (κ2) is 15.8. The van der Waals surface area contributed by atoms with Crippen LogP contribution in [-0.2, 0) is 19.6 Å². The number of aromatic nitrogens is 13. The molecule has 1 aliphatic heterocycles. The van der Waals surface area contributed by atoms with E-state index < -0.39 is 0 Å². The van der Waals surface area contributed by atoms with Gasteiger partial charge in [-0.1, -0.05) is 34.7 Å². The van der Waals surface area contributed by atoms with Gasteiger partial charge in [0, 0.05) is 66.3 Å². The molecular formula is C45H40N14. The van der Waals surface area contributed by atoms with Crippen LogP contribution in [0.2, 0.25) is 0 Å². The average Bonchev–Trinajstić information content (AvgIpc) is 4.06. The van der Waals surface area contributed by atoms with Crippen LogP contribution in [0.25, 0.3) is 66.6 Å². The van der Waals surface area contributed by atoms with Gasteiger partial charge in [0.25, 0.3) is 0 Å². The van der Waals surface area contributed by atoms with Gasteiger partial charge < -0.3 is 4.90 Å². The molecule has 2 aromatic carbocycles. The maximum absolute atomic E-state index is 4.88. The monoisotopic (exact) mass is 776 g/mol. The van der Waals surface area contributed by atoms with Crippen molar-refractivity contribution in [1.29, 1.82) is 0 Å². The summed E-state index contributed by atoms with van der Waals surface area (Å²) in [4.78, 5) is 25.5. The molecule has 10 aromatic rings. The minimum absolute atomic E-state index is 0.601. The zero-order valence-corrected chi connectivity index (χ0v) is 32.5. The third-order valence-corrected chi connectivity index (χ3v) is 10.7. The number of rotatable bonds is 8. The van der Waals surface area contributed by atoms with Crippen molar-refractivity contribution in [2.75, 3.05) is 18.0 Å². The van der Waals surface area contributed by atoms with Gasteiger partial charge in [-0.2, -0.15) is 5.10 Å². The molecule has 1 fully saturated rings. The molecule has 1 saturated heterocycles. The lowest BCUT2D eigenvalue weighted by Crippen LogP contribution is -2.29. The minimum Gasteiger partial charge on any atom is -0.357 e. The van der Waals surface area contributed by atoms with E-state index in [-0.39, 0.29) is 0 Å². The van der Waals surface area contributed by atoms with Gasteiger partial charge in [0.1, 0.15) is 16.9 Å². The number of nitrogens with zero attached hydrogens (tertiary/aromatic N) is 14. The van der Waals surface area contributed by atoms with Crippen LogP contribution in [0.15, 0.2) is 128 Å². The fourth-order valence-electron chi connectivity index (χ4n) is 7.55. The molecular weight excluding hydrogens is 737 g/mol. The lowest BCUT2D eigenvalue weighted by molar-refractivity contribution is 0.573. The molecule has 14 heteroatoms. The van der Waals surface area contributed by atoms with Crippen molar-refractivity contribution < 1.29 is 0 Å². The molecule has 59 heavy (non-hydrogen) atoms. The van der Waals surface area contributed by atoms with Crippen LogP contribution in [0.1, 0.15) is 37.3 Å². The van der Waals surface area contributed by atoms with E-state index >= 15 is 0 Å². The lowest BCUT2D eigenvalue weighted by atomic mass is 10.1. The zero-order valence-electron chi connectivity index (χ0n) is 32.5. The maximum Gasteiger partial charge on any atom is 0.179 e. The maximum atomic E-state index is 4.88. The van der Waals surface area contributed by atoms with Gasteiger partial charge >= 0.3 is 0 Å². The molecule has 11 rings (SSSR count). The quantitative estimate of drug-likeness (QED) is 0.149. The third kappa shape index (κ3) is 7.55. The Morgan fingerprint density at radius 2 is 1.15 bits per heavy atom. The number of benzene rings is 2. The summed E-state index contributed by atoms with van der Waals surface area (Å²) < 4.78 is 5.58. The first kappa shape index (κ1) is 35.9. The van der Waals surface area contributed by atoms with E-state index in [9.17, 15) is 0 Å². The second-order valence-corrected chi connectivity index (χ2v) is 14.7. The normalized spacial score (nSPS) is 13.0. The number of hydrogen-bond donors (Lipinski definition) is 0. The number of fused-ring (bicyclic) bond motifs is 4. The molecule has 0 atom stereocenters. The lowest BCUT2D eigenvalue weighted by Gasteiger charge is -2.27. The SMILES string of the molecule is CCn1cc(-c2ccc3nnn(Cc4ccc5ncccc5c4)c3n2)cn1.c1cnc2ccc(Cn3nnc4ccc(-c5ccc(N6CCCCC6)nc5)nc43)cc2c1. The van der Waals surface area contributed by atoms with Gasteiger partial charge in [0.05, 0.1) is 41.7 Å². The van der Waals surface area contributed by atoms with E-state index in [4.69, 9.17) is 15.0 Å². The zero-order chi connectivity index (χ0) is 39.5. The fourth-order valence-corrected chi connectivity index (χ4v) is 7.55. The summed E-state index contributed by atoms with van der Waals surface area (Å²) in [6, 6.07) is 32.6. The van der Waals surface area contributed by atoms with Gasteiger partial charge in [0.2, 0.25) is 0 Å². The number of aryl methyl sites for hydroxylation is 1. The van der Waals surface area contributed by atoms with E-state index in [1.807, 2.05) is 87.4 Å². The molecule has 290 valence electrons. The van der Waals surface area contributed by atoms with Crippen LogP contribution in [0.3, 0.4) is 0 Å². The number of piperidine rings is 1. The van der Waals surface area contributed by atoms with Gasteiger partial charge in [-0.15, -0.1) is 10.2 Å². The van der Waals surface area contributed by atoms with Crippen molar-refractivity contribution in [3.05, 3.63) is 139 Å². The van der Waals surface area contributed by atoms with E-state index in [1.165, 1.54) is 19.3 Å². The van der Waals surface area contributed by atoms with Crippen molar-refractivity contribution in [3.8, 4) is 22.5 Å². The van der Waals surface area contributed by atoms with Crippen LogP contribution >= 0.6 is 0 Å². The minimum atomic E-state index is 0.601. The summed E-state index contributed by atoms with van der Waals surface area (Å²) in [5, 5.41) is 23.8. The van der Waals surface area contributed by atoms with E-state index in [1.54, 1.807) is 6.20 Å². The molecule has 0 N–H and O–H groups in total. The van der Waals surface area contributed by atoms with E-state index in [0.29, 0.717) is 13.1 Å². The highest BCUT2D eigenvalue weighted by Gasteiger charge is 2.15. The Hall–Kier alpha value is -7.48. The van der Waals surface area contributed by atoms with Crippen molar-refractivity contribution in [1.82, 2.24) is 64.7 Å². The number of hydrogen-bond acceptors (Lipinski definition) is 11. The van der Waals surface area contributed by atoms with E-state index in [0.717, 1.165) is 103 Å². The molecule has 1 aliphatic rings. The summed E-state index contributed by atoms with van der Waals surface area (Å²) in [5.41, 5.74) is 11.1. The summed E-state index contributed by atoms with van der Waals surface area (Å²) in [7, 11) is 0. The molecule has 0 radical (unpaired) electrons. The number of anilines is 1. The first-order chi connectivity index (χ1) is 29.1. The summed E-state index contributed by atoms with van der Waals surface area (Å²) in [6.45, 7) is 6.28. The molecule has 0 spiro atoms. The fraction of sp³-hybridized carbons (Fsp3) is 0.200. The van der Waals surface area contributed by atoms with Crippen LogP contribution < -0.4 is 4.90 Å². The van der Waals surface area contributed by atoms with Gasteiger partial charge in [-0.05, 0) is 110 Å². The average molecular weight is 777 g/mol. The standard InChI is InChI=1S/C25H23N7.C20H17N7/c1-2-13-31(14-3-1)24-11-7-20(16-27-24)22-9-10-23-25(28-22)32(30-29-23)17-18-6-8-21-19(15-18)5-4-12-26-21;1-2-26-13-16(11-22-26)18-7-8-19-20(23-18)27(25-24-19)12-14-5-6-17-15(10-14)4-3-9-21-17/h4-12,15-16H,1-3,13-14,17H2;3-11,13H,2,12H2,1H3. The highest BCUT2D eigenvalue weighted by molar-refractivity contribution is 5.80. The van der Waals surface area contributed by atoms with Gasteiger partial charge in [-0.3, -0.25) is 14.6 Å². The molecule has 9 heterocycles. The molecule has 0 aliphatic carbocycles. The highest BCUT2D eigenvalue weighted by Crippen LogP contribution is 2.25. The van der Waals surface area contributed by atoms with Crippen LogP contribution in [0, 0.1) is 0 Å². The third-order valence-electron chi connectivity index (χ3n) is 10.7. The highest BCUT2D eigenvalue weighted by atomic mass is 15.4. The van der Waals surface area contributed by atoms with Gasteiger partial charge in [0.15, 0.2) is 11.3 Å². The predicted octanol–water partition coefficient (Wildman–Crippen LogP) is 7.78. The summed E-state index contributed by atoms with van der Waals surface area (Å²) in [5.74, 6) is 1.05. The van der Waals surface area contributed by atoms with Crippen molar-refractivity contribution >= 4 is 50.0 Å². The topological polar surface area (TPSA) is 147 Å². The Morgan fingerprint density at radius 1 is 0.559 bits per heavy atom. The summed E-state index contributed by atoms with van der Waals surface area (Å²) >= 11 is 0. The smallest absolute Gasteiger partial charge is 0.179 e. The summed E-state index contributed by atoms with van der Waals surface area (Å²) in [6.07, 6.45) is 13.2. The van der Waals surface area contributed by atoms with E-state index in [2.05, 4.69) is 96.0 Å². The Bertz CT molecular complexity index is 3050. The molecule has 8 aromatic heterocycles. The predicted molar refractivity (Wildman–Crippen MR) is 229 cm³/mol. The molecule has 0 amide bonds.